The third kappa shape index (κ3) is 4.06. The maximum absolute atomic E-state index is 5.03. The van der Waals surface area contributed by atoms with E-state index in [0.717, 1.165) is 43.5 Å². The molecular weight excluding hydrogens is 240 g/mol. The number of methoxy groups -OCH3 is 1. The number of nitrogens with zero attached hydrogens (tertiary/aromatic N) is 3. The highest BCUT2D eigenvalue weighted by atomic mass is 16.5. The monoisotopic (exact) mass is 260 g/mol. The molecule has 1 N–H and O–H groups in total. The number of hydrogen-bond donors (Lipinski definition) is 1. The van der Waals surface area contributed by atoms with Crippen molar-refractivity contribution in [3.05, 3.63) is 42.0 Å². The Morgan fingerprint density at radius 2 is 2.26 bits per heavy atom. The lowest BCUT2D eigenvalue weighted by molar-refractivity contribution is 0.197. The Labute approximate surface area is 113 Å². The molecule has 0 bridgehead atoms. The summed E-state index contributed by atoms with van der Waals surface area (Å²) in [7, 11) is 1.71. The van der Waals surface area contributed by atoms with Crippen LogP contribution < -0.4 is 5.32 Å². The maximum atomic E-state index is 5.03. The van der Waals surface area contributed by atoms with Crippen LogP contribution in [0.3, 0.4) is 0 Å². The van der Waals surface area contributed by atoms with Crippen LogP contribution in [0.1, 0.15) is 17.8 Å². The molecule has 0 aromatic carbocycles. The van der Waals surface area contributed by atoms with Crippen molar-refractivity contribution in [2.75, 3.05) is 25.6 Å². The van der Waals surface area contributed by atoms with E-state index in [1.807, 2.05) is 37.5 Å². The fraction of sp³-hybridized carbons (Fsp3) is 0.429. The molecule has 0 aliphatic rings. The molecule has 102 valence electrons. The zero-order chi connectivity index (χ0) is 13.5. The van der Waals surface area contributed by atoms with Gasteiger partial charge in [0.05, 0.1) is 17.9 Å². The van der Waals surface area contributed by atoms with Crippen LogP contribution in [0.15, 0.2) is 30.6 Å². The van der Waals surface area contributed by atoms with Gasteiger partial charge < -0.3 is 14.6 Å². The van der Waals surface area contributed by atoms with Crippen LogP contribution in [0.25, 0.3) is 0 Å². The summed E-state index contributed by atoms with van der Waals surface area (Å²) in [6.45, 7) is 4.34. The molecule has 19 heavy (non-hydrogen) atoms. The summed E-state index contributed by atoms with van der Waals surface area (Å²) in [4.78, 5) is 8.83. The lowest BCUT2D eigenvalue weighted by atomic mass is 10.3. The average molecular weight is 260 g/mol. The third-order valence-electron chi connectivity index (χ3n) is 2.76. The molecule has 2 heterocycles. The van der Waals surface area contributed by atoms with Gasteiger partial charge in [0, 0.05) is 32.7 Å². The molecule has 0 amide bonds. The van der Waals surface area contributed by atoms with E-state index < -0.39 is 0 Å². The van der Waals surface area contributed by atoms with Gasteiger partial charge in [0.15, 0.2) is 0 Å². The minimum Gasteiger partial charge on any atom is -0.385 e. The zero-order valence-corrected chi connectivity index (χ0v) is 11.5. The number of aromatic nitrogens is 3. The molecule has 2 aromatic heterocycles. The van der Waals surface area contributed by atoms with Gasteiger partial charge in [-0.3, -0.25) is 4.98 Å². The first-order valence-corrected chi connectivity index (χ1v) is 6.46. The Balaban J connectivity index is 2.00. The number of nitrogens with one attached hydrogen (secondary N) is 1. The van der Waals surface area contributed by atoms with E-state index in [4.69, 9.17) is 4.74 Å². The van der Waals surface area contributed by atoms with Crippen molar-refractivity contribution in [1.29, 1.82) is 0 Å². The molecular formula is C14H20N4O. The molecule has 2 rings (SSSR count). The second-order valence-electron chi connectivity index (χ2n) is 4.43. The van der Waals surface area contributed by atoms with Gasteiger partial charge in [-0.05, 0) is 25.5 Å². The van der Waals surface area contributed by atoms with E-state index >= 15 is 0 Å². The fourth-order valence-electron chi connectivity index (χ4n) is 1.89. The van der Waals surface area contributed by atoms with Gasteiger partial charge in [0.25, 0.3) is 0 Å². The average Bonchev–Trinajstić information content (AvgIpc) is 2.76. The van der Waals surface area contributed by atoms with E-state index in [1.165, 1.54) is 0 Å². The highest BCUT2D eigenvalue weighted by molar-refractivity contribution is 5.29. The Morgan fingerprint density at radius 3 is 3.00 bits per heavy atom. The van der Waals surface area contributed by atoms with Crippen molar-refractivity contribution >= 4 is 5.95 Å². The van der Waals surface area contributed by atoms with E-state index in [-0.39, 0.29) is 0 Å². The Kier molecular flexibility index (Phi) is 4.92. The van der Waals surface area contributed by atoms with Crippen molar-refractivity contribution in [1.82, 2.24) is 14.5 Å². The Morgan fingerprint density at radius 1 is 1.37 bits per heavy atom. The summed E-state index contributed by atoms with van der Waals surface area (Å²) in [5.41, 5.74) is 2.03. The lowest BCUT2D eigenvalue weighted by Gasteiger charge is -2.09. The smallest absolute Gasteiger partial charge is 0.203 e. The molecule has 0 fully saturated rings. The number of pyridine rings is 1. The van der Waals surface area contributed by atoms with E-state index in [9.17, 15) is 0 Å². The van der Waals surface area contributed by atoms with Crippen LogP contribution in [0, 0.1) is 6.92 Å². The zero-order valence-electron chi connectivity index (χ0n) is 11.5. The van der Waals surface area contributed by atoms with Crippen LogP contribution in [-0.2, 0) is 11.3 Å². The molecule has 0 aliphatic heterocycles. The second-order valence-corrected chi connectivity index (χ2v) is 4.43. The largest absolute Gasteiger partial charge is 0.385 e. The summed E-state index contributed by atoms with van der Waals surface area (Å²) < 4.78 is 7.12. The molecule has 2 aromatic rings. The van der Waals surface area contributed by atoms with Crippen molar-refractivity contribution in [3.8, 4) is 0 Å². The predicted octanol–water partition coefficient (Wildman–Crippen LogP) is 2.08. The molecule has 0 unspecified atom stereocenters. The molecule has 5 nitrogen and oxygen atoms in total. The van der Waals surface area contributed by atoms with E-state index in [0.29, 0.717) is 0 Å². The van der Waals surface area contributed by atoms with Gasteiger partial charge in [-0.1, -0.05) is 6.07 Å². The molecule has 5 heteroatoms. The van der Waals surface area contributed by atoms with Crippen LogP contribution in [0.2, 0.25) is 0 Å². The number of anilines is 1. The summed E-state index contributed by atoms with van der Waals surface area (Å²) in [5, 5.41) is 3.33. The number of ether oxygens (including phenoxy) is 1. The first kappa shape index (κ1) is 13.5. The first-order chi connectivity index (χ1) is 9.29. The number of hydrogen-bond acceptors (Lipinski definition) is 4. The second kappa shape index (κ2) is 6.89. The molecule has 0 radical (unpaired) electrons. The van der Waals surface area contributed by atoms with Crippen LogP contribution in [0.4, 0.5) is 5.95 Å². The van der Waals surface area contributed by atoms with Gasteiger partial charge in [-0.25, -0.2) is 4.98 Å². The lowest BCUT2D eigenvalue weighted by Crippen LogP contribution is -2.11. The third-order valence-corrected chi connectivity index (χ3v) is 2.76. The molecule has 0 atom stereocenters. The van der Waals surface area contributed by atoms with Gasteiger partial charge >= 0.3 is 0 Å². The highest BCUT2D eigenvalue weighted by Crippen LogP contribution is 2.10. The first-order valence-electron chi connectivity index (χ1n) is 6.46. The number of imidazole rings is 1. The van der Waals surface area contributed by atoms with Gasteiger partial charge in [-0.2, -0.15) is 0 Å². The van der Waals surface area contributed by atoms with Crippen LogP contribution >= 0.6 is 0 Å². The minimum absolute atomic E-state index is 0.730. The highest BCUT2D eigenvalue weighted by Gasteiger charge is 2.06. The van der Waals surface area contributed by atoms with Crippen molar-refractivity contribution in [3.63, 3.8) is 0 Å². The fourth-order valence-corrected chi connectivity index (χ4v) is 1.89. The van der Waals surface area contributed by atoms with Crippen LogP contribution in [-0.4, -0.2) is 34.8 Å². The minimum atomic E-state index is 0.730. The molecule has 0 saturated heterocycles. The summed E-state index contributed by atoms with van der Waals surface area (Å²) in [5.74, 6) is 0.888. The van der Waals surface area contributed by atoms with Gasteiger partial charge in [0.1, 0.15) is 0 Å². The van der Waals surface area contributed by atoms with Crippen LogP contribution in [0.5, 0.6) is 0 Å². The van der Waals surface area contributed by atoms with Crippen molar-refractivity contribution in [2.24, 2.45) is 0 Å². The maximum Gasteiger partial charge on any atom is 0.203 e. The number of aryl methyl sites for hydroxylation is 1. The van der Waals surface area contributed by atoms with E-state index in [1.54, 1.807) is 7.11 Å². The summed E-state index contributed by atoms with van der Waals surface area (Å²) >= 11 is 0. The molecule has 0 spiro atoms. The van der Waals surface area contributed by atoms with E-state index in [2.05, 4.69) is 19.9 Å². The normalized spacial score (nSPS) is 10.6. The predicted molar refractivity (Wildman–Crippen MR) is 75.3 cm³/mol. The standard InChI is InChI=1S/C14H20N4O/c1-12-10-18(11-13-6-3-4-7-15-13)14(17-12)16-8-5-9-19-2/h3-4,6-7,10H,5,8-9,11H2,1-2H3,(H,16,17). The summed E-state index contributed by atoms with van der Waals surface area (Å²) in [6, 6.07) is 5.94. The van der Waals surface area contributed by atoms with Gasteiger partial charge in [-0.15, -0.1) is 0 Å². The topological polar surface area (TPSA) is 52.0 Å². The number of rotatable bonds is 7. The Bertz CT molecular complexity index is 495. The van der Waals surface area contributed by atoms with Crippen molar-refractivity contribution < 1.29 is 4.74 Å². The SMILES string of the molecule is COCCCNc1nc(C)cn1Cc1ccccn1. The quantitative estimate of drug-likeness (QED) is 0.774. The summed E-state index contributed by atoms with van der Waals surface area (Å²) in [6.07, 6.45) is 4.81. The Hall–Kier alpha value is -1.88. The molecule has 0 saturated carbocycles. The van der Waals surface area contributed by atoms with Crippen molar-refractivity contribution in [2.45, 2.75) is 19.9 Å². The van der Waals surface area contributed by atoms with Gasteiger partial charge in [0.2, 0.25) is 5.95 Å². The molecule has 0 aliphatic carbocycles.